The molecule has 1 aliphatic rings. The van der Waals surface area contributed by atoms with Crippen LogP contribution in [0.25, 0.3) is 11.1 Å². The molecule has 2 aromatic carbocycles. The molecule has 0 radical (unpaired) electrons. The fourth-order valence-electron chi connectivity index (χ4n) is 3.16. The summed E-state index contributed by atoms with van der Waals surface area (Å²) < 4.78 is 5.62. The Hall–Kier alpha value is -1.76. The van der Waals surface area contributed by atoms with Crippen molar-refractivity contribution in [1.29, 1.82) is 0 Å². The van der Waals surface area contributed by atoms with Gasteiger partial charge in [0.1, 0.15) is 24.4 Å². The summed E-state index contributed by atoms with van der Waals surface area (Å²) in [5.74, 6) is 0. The zero-order valence-corrected chi connectivity index (χ0v) is 13.2. The molecule has 1 fully saturated rings. The lowest BCUT2D eigenvalue weighted by Gasteiger charge is -2.40. The third-order valence-corrected chi connectivity index (χ3v) is 4.51. The molecule has 3 rings (SSSR count). The van der Waals surface area contributed by atoms with Gasteiger partial charge in [-0.1, -0.05) is 54.6 Å². The minimum atomic E-state index is -1.34. The first kappa shape index (κ1) is 17.1. The Morgan fingerprint density at radius 2 is 1.38 bits per heavy atom. The summed E-state index contributed by atoms with van der Waals surface area (Å²) in [6, 6.07) is 17.7. The summed E-state index contributed by atoms with van der Waals surface area (Å²) in [5.41, 5.74) is 3.04. The molecule has 5 nitrogen and oxygen atoms in total. The maximum atomic E-state index is 10.2. The number of aliphatic hydroxyl groups excluding tert-OH is 4. The maximum absolute atomic E-state index is 10.2. The van der Waals surface area contributed by atoms with E-state index in [1.54, 1.807) is 0 Å². The zero-order valence-electron chi connectivity index (χ0n) is 13.2. The molecule has 0 saturated carbocycles. The Kier molecular flexibility index (Phi) is 5.28. The second kappa shape index (κ2) is 7.42. The first-order valence-corrected chi connectivity index (χ1v) is 8.05. The van der Waals surface area contributed by atoms with Gasteiger partial charge in [-0.15, -0.1) is 0 Å². The molecule has 4 N–H and O–H groups in total. The molecule has 0 aliphatic carbocycles. The zero-order chi connectivity index (χ0) is 17.1. The average Bonchev–Trinajstić information content (AvgIpc) is 2.63. The number of aliphatic hydroxyl groups is 4. The predicted octanol–water partition coefficient (Wildman–Crippen LogP) is 0.738. The Morgan fingerprint density at radius 1 is 0.750 bits per heavy atom. The molecule has 0 bridgehead atoms. The van der Waals surface area contributed by atoms with Crippen molar-refractivity contribution in [3.05, 3.63) is 60.2 Å². The lowest BCUT2D eigenvalue weighted by Crippen LogP contribution is -2.59. The highest BCUT2D eigenvalue weighted by molar-refractivity contribution is 5.67. The number of ether oxygens (including phenoxy) is 1. The van der Waals surface area contributed by atoms with E-state index < -0.39 is 37.1 Å². The molecule has 24 heavy (non-hydrogen) atoms. The van der Waals surface area contributed by atoms with E-state index in [-0.39, 0.29) is 0 Å². The summed E-state index contributed by atoms with van der Waals surface area (Å²) in [4.78, 5) is 0. The minimum absolute atomic E-state index is 0.368. The molecule has 5 heteroatoms. The monoisotopic (exact) mass is 330 g/mol. The van der Waals surface area contributed by atoms with Crippen LogP contribution in [0.3, 0.4) is 0 Å². The maximum Gasteiger partial charge on any atom is 0.111 e. The van der Waals surface area contributed by atoms with Crippen molar-refractivity contribution in [1.82, 2.24) is 0 Å². The summed E-state index contributed by atoms with van der Waals surface area (Å²) in [7, 11) is 0. The van der Waals surface area contributed by atoms with Gasteiger partial charge in [0.05, 0.1) is 12.7 Å². The van der Waals surface area contributed by atoms with Crippen molar-refractivity contribution in [3.8, 4) is 11.1 Å². The molecule has 1 saturated heterocycles. The summed E-state index contributed by atoms with van der Waals surface area (Å²) >= 11 is 0. The van der Waals surface area contributed by atoms with Crippen molar-refractivity contribution in [2.24, 2.45) is 0 Å². The SMILES string of the molecule is OC[C@H]1O[C@@H](Cc2ccccc2-c2ccccc2)[C@H](O)[C@@H](O)[C@@H]1O. The van der Waals surface area contributed by atoms with Crippen molar-refractivity contribution in [3.63, 3.8) is 0 Å². The van der Waals surface area contributed by atoms with Crippen molar-refractivity contribution >= 4 is 0 Å². The lowest BCUT2D eigenvalue weighted by molar-refractivity contribution is -0.228. The molecule has 1 heterocycles. The van der Waals surface area contributed by atoms with Gasteiger partial charge in [0.25, 0.3) is 0 Å². The third kappa shape index (κ3) is 3.36. The standard InChI is InChI=1S/C19H22O5/c20-11-16-18(22)19(23)17(21)15(24-16)10-13-8-4-5-9-14(13)12-6-2-1-3-7-12/h1-9,15-23H,10-11H2/t15-,16+,17-,18+,19+/m0/s1. The number of hydrogen-bond acceptors (Lipinski definition) is 5. The van der Waals surface area contributed by atoms with Gasteiger partial charge in [-0.25, -0.2) is 0 Å². The van der Waals surface area contributed by atoms with Gasteiger partial charge in [-0.05, 0) is 16.7 Å². The highest BCUT2D eigenvalue weighted by Gasteiger charge is 2.43. The molecule has 1 aliphatic heterocycles. The van der Waals surface area contributed by atoms with Gasteiger partial charge in [0.2, 0.25) is 0 Å². The topological polar surface area (TPSA) is 90.2 Å². The third-order valence-electron chi connectivity index (χ3n) is 4.51. The molecule has 0 unspecified atom stereocenters. The van der Waals surface area contributed by atoms with Gasteiger partial charge < -0.3 is 25.2 Å². The summed E-state index contributed by atoms with van der Waals surface area (Å²) in [6.45, 7) is -0.415. The van der Waals surface area contributed by atoms with E-state index in [4.69, 9.17) is 4.74 Å². The van der Waals surface area contributed by atoms with Gasteiger partial charge >= 0.3 is 0 Å². The molecule has 128 valence electrons. The van der Waals surface area contributed by atoms with Gasteiger partial charge in [0.15, 0.2) is 0 Å². The first-order chi connectivity index (χ1) is 11.6. The van der Waals surface area contributed by atoms with Crippen LogP contribution in [0.1, 0.15) is 5.56 Å². The van der Waals surface area contributed by atoms with Crippen LogP contribution in [0, 0.1) is 0 Å². The van der Waals surface area contributed by atoms with E-state index in [9.17, 15) is 20.4 Å². The Bertz CT molecular complexity index is 658. The smallest absolute Gasteiger partial charge is 0.111 e. The van der Waals surface area contributed by atoms with E-state index in [1.165, 1.54) is 0 Å². The molecular formula is C19H22O5. The normalized spacial score (nSPS) is 30.2. The summed E-state index contributed by atoms with van der Waals surface area (Å²) in [5, 5.41) is 39.4. The van der Waals surface area contributed by atoms with Crippen LogP contribution >= 0.6 is 0 Å². The van der Waals surface area contributed by atoms with E-state index in [0.717, 1.165) is 16.7 Å². The van der Waals surface area contributed by atoms with E-state index >= 15 is 0 Å². The second-order valence-corrected chi connectivity index (χ2v) is 6.09. The fourth-order valence-corrected chi connectivity index (χ4v) is 3.16. The number of benzene rings is 2. The van der Waals surface area contributed by atoms with Gasteiger partial charge in [-0.2, -0.15) is 0 Å². The van der Waals surface area contributed by atoms with Crippen LogP contribution in [-0.4, -0.2) is 57.6 Å². The Balaban J connectivity index is 1.86. The second-order valence-electron chi connectivity index (χ2n) is 6.09. The molecule has 0 spiro atoms. The highest BCUT2D eigenvalue weighted by Crippen LogP contribution is 2.28. The van der Waals surface area contributed by atoms with Crippen LogP contribution in [0.2, 0.25) is 0 Å². The van der Waals surface area contributed by atoms with Crippen molar-refractivity contribution in [2.45, 2.75) is 36.9 Å². The molecule has 0 amide bonds. The average molecular weight is 330 g/mol. The molecule has 0 aromatic heterocycles. The lowest BCUT2D eigenvalue weighted by atomic mass is 9.89. The number of rotatable bonds is 4. The van der Waals surface area contributed by atoms with Gasteiger partial charge in [0, 0.05) is 6.42 Å². The highest BCUT2D eigenvalue weighted by atomic mass is 16.5. The Morgan fingerprint density at radius 3 is 2.08 bits per heavy atom. The molecular weight excluding hydrogens is 308 g/mol. The molecule has 2 aromatic rings. The van der Waals surface area contributed by atoms with Crippen LogP contribution in [0.5, 0.6) is 0 Å². The van der Waals surface area contributed by atoms with Crippen LogP contribution in [0.15, 0.2) is 54.6 Å². The van der Waals surface area contributed by atoms with Crippen molar-refractivity contribution in [2.75, 3.05) is 6.61 Å². The van der Waals surface area contributed by atoms with Crippen LogP contribution in [-0.2, 0) is 11.2 Å². The summed E-state index contributed by atoms with van der Waals surface area (Å²) in [6.07, 6.45) is -5.10. The first-order valence-electron chi connectivity index (χ1n) is 8.05. The van der Waals surface area contributed by atoms with E-state index in [2.05, 4.69) is 0 Å². The fraction of sp³-hybridized carbons (Fsp3) is 0.368. The van der Waals surface area contributed by atoms with Gasteiger partial charge in [-0.3, -0.25) is 0 Å². The van der Waals surface area contributed by atoms with E-state index in [0.29, 0.717) is 6.42 Å². The van der Waals surface area contributed by atoms with Crippen LogP contribution < -0.4 is 0 Å². The Labute approximate surface area is 140 Å². The number of hydrogen-bond donors (Lipinski definition) is 4. The van der Waals surface area contributed by atoms with Crippen molar-refractivity contribution < 1.29 is 25.2 Å². The quantitative estimate of drug-likeness (QED) is 0.664. The predicted molar refractivity (Wildman–Crippen MR) is 89.3 cm³/mol. The minimum Gasteiger partial charge on any atom is -0.394 e. The van der Waals surface area contributed by atoms with E-state index in [1.807, 2.05) is 54.6 Å². The van der Waals surface area contributed by atoms with Crippen LogP contribution in [0.4, 0.5) is 0 Å². The molecule has 5 atom stereocenters. The largest absolute Gasteiger partial charge is 0.394 e.